The molecular formula is C15H28N2. The van der Waals surface area contributed by atoms with Crippen molar-refractivity contribution in [2.75, 3.05) is 19.6 Å². The molecule has 98 valence electrons. The van der Waals surface area contributed by atoms with Crippen molar-refractivity contribution in [3.63, 3.8) is 0 Å². The van der Waals surface area contributed by atoms with Crippen LogP contribution >= 0.6 is 0 Å². The third-order valence-corrected chi connectivity index (χ3v) is 5.69. The molecule has 2 nitrogen and oxygen atoms in total. The van der Waals surface area contributed by atoms with Crippen LogP contribution in [0.15, 0.2) is 0 Å². The number of nitrogens with two attached hydrogens (primary N) is 1. The summed E-state index contributed by atoms with van der Waals surface area (Å²) in [6, 6.07) is 0.527. The summed E-state index contributed by atoms with van der Waals surface area (Å²) in [5.74, 6) is 3.66. The lowest BCUT2D eigenvalue weighted by molar-refractivity contribution is 0.194. The van der Waals surface area contributed by atoms with Crippen molar-refractivity contribution in [3.8, 4) is 0 Å². The molecule has 0 aromatic rings. The molecule has 1 heterocycles. The van der Waals surface area contributed by atoms with Crippen LogP contribution in [0.25, 0.3) is 0 Å². The third-order valence-electron chi connectivity index (χ3n) is 5.69. The van der Waals surface area contributed by atoms with Gasteiger partial charge < -0.3 is 10.6 Å². The van der Waals surface area contributed by atoms with Crippen molar-refractivity contribution < 1.29 is 0 Å². The van der Waals surface area contributed by atoms with Crippen LogP contribution in [0.4, 0.5) is 0 Å². The maximum atomic E-state index is 6.41. The second-order valence-corrected chi connectivity index (χ2v) is 6.78. The standard InChI is InChI=1S/C15H28N2/c1-2-3-11-6-7-17(9-11)10-14-12-4-5-13(8-12)15(14)16/h11-15H,2-10,16H2,1H3. The predicted octanol–water partition coefficient (Wildman–Crippen LogP) is 2.48. The Bertz CT molecular complexity index is 264. The maximum Gasteiger partial charge on any atom is 0.0111 e. The highest BCUT2D eigenvalue weighted by molar-refractivity contribution is 5.00. The first kappa shape index (κ1) is 12.0. The van der Waals surface area contributed by atoms with E-state index in [4.69, 9.17) is 5.73 Å². The zero-order chi connectivity index (χ0) is 11.8. The molecular weight excluding hydrogens is 208 g/mol. The minimum absolute atomic E-state index is 0.527. The van der Waals surface area contributed by atoms with E-state index in [1.54, 1.807) is 0 Å². The Balaban J connectivity index is 1.51. The van der Waals surface area contributed by atoms with Gasteiger partial charge in [0.2, 0.25) is 0 Å². The normalized spacial score (nSPS) is 45.9. The molecule has 5 unspecified atom stereocenters. The molecule has 3 fully saturated rings. The van der Waals surface area contributed by atoms with Gasteiger partial charge in [-0.05, 0) is 62.3 Å². The van der Waals surface area contributed by atoms with Gasteiger partial charge in [-0.15, -0.1) is 0 Å². The van der Waals surface area contributed by atoms with Crippen LogP contribution in [0.5, 0.6) is 0 Å². The van der Waals surface area contributed by atoms with Crippen molar-refractivity contribution >= 4 is 0 Å². The highest BCUT2D eigenvalue weighted by Gasteiger charge is 2.46. The summed E-state index contributed by atoms with van der Waals surface area (Å²) < 4.78 is 0. The number of rotatable bonds is 4. The quantitative estimate of drug-likeness (QED) is 0.812. The summed E-state index contributed by atoms with van der Waals surface area (Å²) in [5, 5.41) is 0. The molecule has 3 rings (SSSR count). The molecule has 2 saturated carbocycles. The van der Waals surface area contributed by atoms with Crippen molar-refractivity contribution in [1.82, 2.24) is 4.90 Å². The lowest BCUT2D eigenvalue weighted by atomic mass is 9.84. The Morgan fingerprint density at radius 2 is 2.00 bits per heavy atom. The van der Waals surface area contributed by atoms with Gasteiger partial charge >= 0.3 is 0 Å². The molecule has 3 aliphatic rings. The molecule has 17 heavy (non-hydrogen) atoms. The van der Waals surface area contributed by atoms with E-state index in [1.165, 1.54) is 58.2 Å². The van der Waals surface area contributed by atoms with E-state index >= 15 is 0 Å². The maximum absolute atomic E-state index is 6.41. The molecule has 5 atom stereocenters. The fraction of sp³-hybridized carbons (Fsp3) is 1.00. The largest absolute Gasteiger partial charge is 0.327 e. The highest BCUT2D eigenvalue weighted by atomic mass is 15.2. The van der Waals surface area contributed by atoms with E-state index in [-0.39, 0.29) is 0 Å². The molecule has 0 aromatic heterocycles. The molecule has 2 bridgehead atoms. The minimum Gasteiger partial charge on any atom is -0.327 e. The topological polar surface area (TPSA) is 29.3 Å². The third kappa shape index (κ3) is 2.26. The van der Waals surface area contributed by atoms with Crippen molar-refractivity contribution in [2.24, 2.45) is 29.4 Å². The summed E-state index contributed by atoms with van der Waals surface area (Å²) in [6.07, 6.45) is 8.55. The molecule has 1 aliphatic heterocycles. The highest BCUT2D eigenvalue weighted by Crippen LogP contribution is 2.48. The minimum atomic E-state index is 0.527. The van der Waals surface area contributed by atoms with E-state index < -0.39 is 0 Å². The molecule has 1 saturated heterocycles. The van der Waals surface area contributed by atoms with Crippen LogP contribution in [0.3, 0.4) is 0 Å². The number of hydrogen-bond donors (Lipinski definition) is 1. The summed E-state index contributed by atoms with van der Waals surface area (Å²) in [4.78, 5) is 2.71. The van der Waals surface area contributed by atoms with Crippen LogP contribution in [-0.2, 0) is 0 Å². The van der Waals surface area contributed by atoms with E-state index in [0.717, 1.165) is 23.7 Å². The van der Waals surface area contributed by atoms with Gasteiger partial charge in [0.05, 0.1) is 0 Å². The molecule has 0 radical (unpaired) electrons. The Morgan fingerprint density at radius 3 is 2.71 bits per heavy atom. The number of fused-ring (bicyclic) bond motifs is 2. The van der Waals surface area contributed by atoms with E-state index in [9.17, 15) is 0 Å². The Kier molecular flexibility index (Phi) is 3.45. The second kappa shape index (κ2) is 4.89. The van der Waals surface area contributed by atoms with Crippen LogP contribution in [0, 0.1) is 23.7 Å². The summed E-state index contributed by atoms with van der Waals surface area (Å²) in [6.45, 7) is 6.32. The first-order valence-corrected chi connectivity index (χ1v) is 7.76. The van der Waals surface area contributed by atoms with Gasteiger partial charge in [0.1, 0.15) is 0 Å². The lowest BCUT2D eigenvalue weighted by Crippen LogP contribution is -2.42. The average molecular weight is 236 g/mol. The molecule has 2 aliphatic carbocycles. The second-order valence-electron chi connectivity index (χ2n) is 6.78. The van der Waals surface area contributed by atoms with Gasteiger partial charge in [-0.1, -0.05) is 13.3 Å². The van der Waals surface area contributed by atoms with E-state index in [0.29, 0.717) is 6.04 Å². The van der Waals surface area contributed by atoms with Crippen LogP contribution in [0.1, 0.15) is 45.4 Å². The van der Waals surface area contributed by atoms with Gasteiger partial charge in [0.25, 0.3) is 0 Å². The first-order valence-electron chi connectivity index (χ1n) is 7.76. The summed E-state index contributed by atoms with van der Waals surface area (Å²) in [5.41, 5.74) is 6.41. The SMILES string of the molecule is CCCC1CCN(CC2C3CCC(C3)C2N)C1. The molecule has 2 N–H and O–H groups in total. The smallest absolute Gasteiger partial charge is 0.0111 e. The fourth-order valence-electron chi connectivity index (χ4n) is 4.75. The molecule has 0 aromatic carbocycles. The predicted molar refractivity (Wildman–Crippen MR) is 71.8 cm³/mol. The average Bonchev–Trinajstić information content (AvgIpc) is 2.98. The van der Waals surface area contributed by atoms with Crippen LogP contribution in [-0.4, -0.2) is 30.6 Å². The number of nitrogens with zero attached hydrogens (tertiary/aromatic N) is 1. The van der Waals surface area contributed by atoms with Gasteiger partial charge in [0.15, 0.2) is 0 Å². The zero-order valence-corrected chi connectivity index (χ0v) is 11.3. The van der Waals surface area contributed by atoms with Crippen molar-refractivity contribution in [3.05, 3.63) is 0 Å². The molecule has 0 amide bonds. The van der Waals surface area contributed by atoms with Crippen LogP contribution in [0.2, 0.25) is 0 Å². The lowest BCUT2D eigenvalue weighted by Gasteiger charge is -2.31. The van der Waals surface area contributed by atoms with Gasteiger partial charge in [-0.3, -0.25) is 0 Å². The number of likely N-dealkylation sites (tertiary alicyclic amines) is 1. The summed E-state index contributed by atoms with van der Waals surface area (Å²) >= 11 is 0. The molecule has 0 spiro atoms. The van der Waals surface area contributed by atoms with Gasteiger partial charge in [-0.25, -0.2) is 0 Å². The first-order chi connectivity index (χ1) is 8.28. The fourth-order valence-corrected chi connectivity index (χ4v) is 4.75. The Morgan fingerprint density at radius 1 is 1.18 bits per heavy atom. The Hall–Kier alpha value is -0.0800. The number of hydrogen-bond acceptors (Lipinski definition) is 2. The van der Waals surface area contributed by atoms with Crippen molar-refractivity contribution in [2.45, 2.75) is 51.5 Å². The summed E-state index contributed by atoms with van der Waals surface area (Å²) in [7, 11) is 0. The van der Waals surface area contributed by atoms with E-state index in [1.807, 2.05) is 0 Å². The van der Waals surface area contributed by atoms with Crippen LogP contribution < -0.4 is 5.73 Å². The van der Waals surface area contributed by atoms with Gasteiger partial charge in [-0.2, -0.15) is 0 Å². The van der Waals surface area contributed by atoms with Gasteiger partial charge in [0, 0.05) is 19.1 Å². The monoisotopic (exact) mass is 236 g/mol. The zero-order valence-electron chi connectivity index (χ0n) is 11.3. The molecule has 2 heteroatoms. The Labute approximate surface area is 106 Å². The van der Waals surface area contributed by atoms with Crippen molar-refractivity contribution in [1.29, 1.82) is 0 Å². The van der Waals surface area contributed by atoms with E-state index in [2.05, 4.69) is 11.8 Å².